The summed E-state index contributed by atoms with van der Waals surface area (Å²) in [5.41, 5.74) is 0. The van der Waals surface area contributed by atoms with E-state index in [4.69, 9.17) is 0 Å². The molecule has 0 aromatic carbocycles. The van der Waals surface area contributed by atoms with Gasteiger partial charge in [0.2, 0.25) is 0 Å². The van der Waals surface area contributed by atoms with Gasteiger partial charge in [0.15, 0.2) is 0 Å². The summed E-state index contributed by atoms with van der Waals surface area (Å²) in [6, 6.07) is 0. The van der Waals surface area contributed by atoms with Gasteiger partial charge in [-0.1, -0.05) is 24.6 Å². The van der Waals surface area contributed by atoms with Gasteiger partial charge in [0.1, 0.15) is 0 Å². The van der Waals surface area contributed by atoms with Crippen LogP contribution >= 0.6 is 22.5 Å². The second kappa shape index (κ2) is 3.88. The van der Waals surface area contributed by atoms with Gasteiger partial charge in [-0.25, -0.2) is 0 Å². The second-order valence-electron chi connectivity index (χ2n) is 1.69. The summed E-state index contributed by atoms with van der Waals surface area (Å²) >= 11 is 3.98. The van der Waals surface area contributed by atoms with Crippen molar-refractivity contribution in [1.29, 1.82) is 0 Å². The van der Waals surface area contributed by atoms with Gasteiger partial charge < -0.3 is 0 Å². The lowest BCUT2D eigenvalue weighted by Crippen LogP contribution is -1.85. The van der Waals surface area contributed by atoms with Crippen molar-refractivity contribution in [3.8, 4) is 0 Å². The molecule has 0 aliphatic heterocycles. The van der Waals surface area contributed by atoms with E-state index in [1.165, 1.54) is 0 Å². The number of hydrogen-bond donors (Lipinski definition) is 1. The molecule has 0 N–H and O–H groups in total. The molecule has 0 aromatic heterocycles. The van der Waals surface area contributed by atoms with Gasteiger partial charge in [-0.2, -0.15) is 0 Å². The molecule has 0 saturated carbocycles. The van der Waals surface area contributed by atoms with Crippen molar-refractivity contribution >= 4 is 22.5 Å². The third-order valence-corrected chi connectivity index (χ3v) is 1.67. The van der Waals surface area contributed by atoms with Crippen LogP contribution in [0.1, 0.15) is 13.8 Å². The molecule has 0 saturated heterocycles. The Morgan fingerprint density at radius 1 is 1.67 bits per heavy atom. The van der Waals surface area contributed by atoms with Crippen LogP contribution in [0.15, 0.2) is 0 Å². The third-order valence-electron chi connectivity index (χ3n) is 0.408. The molecule has 6 heavy (non-hydrogen) atoms. The molecule has 0 unspecified atom stereocenters. The first-order valence-electron chi connectivity index (χ1n) is 2.03. The first kappa shape index (κ1) is 6.70. The highest BCUT2D eigenvalue weighted by Crippen LogP contribution is 2.09. The number of rotatable bonds is 2. The van der Waals surface area contributed by atoms with Crippen molar-refractivity contribution in [2.45, 2.75) is 13.8 Å². The van der Waals surface area contributed by atoms with Crippen LogP contribution in [0.3, 0.4) is 0 Å². The lowest BCUT2D eigenvalue weighted by molar-refractivity contribution is 0.752. The molecule has 0 aromatic rings. The predicted octanol–water partition coefficient (Wildman–Crippen LogP) is 2.22. The summed E-state index contributed by atoms with van der Waals surface area (Å²) in [7, 11) is 1.60. The smallest absolute Gasteiger partial charge is 0.00576 e. The molecule has 0 aliphatic rings. The second-order valence-corrected chi connectivity index (χ2v) is 3.06. The van der Waals surface area contributed by atoms with Crippen LogP contribution in [0.25, 0.3) is 0 Å². The third kappa shape index (κ3) is 4.70. The number of thiol groups is 1. The van der Waals surface area contributed by atoms with Crippen LogP contribution in [0.2, 0.25) is 0 Å². The maximum absolute atomic E-state index is 3.98. The van der Waals surface area contributed by atoms with Crippen LogP contribution in [0, 0.1) is 5.92 Å². The Bertz CT molecular complexity index is 26.7. The fourth-order valence-corrected chi connectivity index (χ4v) is 1.34. The summed E-state index contributed by atoms with van der Waals surface area (Å²) in [6.45, 7) is 4.37. The van der Waals surface area contributed by atoms with Gasteiger partial charge in [-0.05, 0) is 5.92 Å². The monoisotopic (exact) mass is 122 g/mol. The van der Waals surface area contributed by atoms with E-state index < -0.39 is 0 Å². The van der Waals surface area contributed by atoms with Crippen LogP contribution in [-0.4, -0.2) is 5.75 Å². The van der Waals surface area contributed by atoms with Crippen molar-refractivity contribution in [1.82, 2.24) is 0 Å². The molecule has 0 atom stereocenters. The summed E-state index contributed by atoms with van der Waals surface area (Å²) < 4.78 is 0. The fraction of sp³-hybridized carbons (Fsp3) is 1.00. The quantitative estimate of drug-likeness (QED) is 0.433. The average Bonchev–Trinajstić information content (AvgIpc) is 1.35. The minimum Gasteiger partial charge on any atom is -0.111 e. The van der Waals surface area contributed by atoms with E-state index in [2.05, 4.69) is 25.5 Å². The zero-order valence-electron chi connectivity index (χ0n) is 4.14. The molecule has 0 nitrogen and oxygen atoms in total. The lowest BCUT2D eigenvalue weighted by atomic mass is 10.3. The molecule has 0 fully saturated rings. The predicted molar refractivity (Wildman–Crippen MR) is 36.3 cm³/mol. The highest BCUT2D eigenvalue weighted by atomic mass is 33.1. The Hall–Kier alpha value is 0.700. The van der Waals surface area contributed by atoms with Gasteiger partial charge in [0, 0.05) is 5.75 Å². The van der Waals surface area contributed by atoms with Gasteiger partial charge in [0.25, 0.3) is 0 Å². The van der Waals surface area contributed by atoms with Crippen molar-refractivity contribution in [3.63, 3.8) is 0 Å². The van der Waals surface area contributed by atoms with Gasteiger partial charge in [-0.15, -0.1) is 11.7 Å². The van der Waals surface area contributed by atoms with E-state index in [9.17, 15) is 0 Å². The normalized spacial score (nSPS) is 10.0. The minimum atomic E-state index is 0.785. The van der Waals surface area contributed by atoms with Crippen LogP contribution < -0.4 is 0 Å². The van der Waals surface area contributed by atoms with E-state index >= 15 is 0 Å². The van der Waals surface area contributed by atoms with Gasteiger partial charge in [0.05, 0.1) is 0 Å². The Kier molecular flexibility index (Phi) is 4.33. The first-order chi connectivity index (χ1) is 2.77. The molecule has 0 radical (unpaired) electrons. The summed E-state index contributed by atoms with van der Waals surface area (Å²) in [5.74, 6) is 1.94. The zero-order valence-corrected chi connectivity index (χ0v) is 5.85. The maximum atomic E-state index is 3.98. The van der Waals surface area contributed by atoms with Crippen LogP contribution in [0.5, 0.6) is 0 Å². The zero-order chi connectivity index (χ0) is 4.99. The largest absolute Gasteiger partial charge is 0.111 e. The SMILES string of the molecule is CC(C)CSS. The van der Waals surface area contributed by atoms with Gasteiger partial charge in [-0.3, -0.25) is 0 Å². The molecule has 0 aliphatic carbocycles. The Morgan fingerprint density at radius 2 is 2.17 bits per heavy atom. The summed E-state index contributed by atoms with van der Waals surface area (Å²) in [6.07, 6.45) is 0. The van der Waals surface area contributed by atoms with Crippen molar-refractivity contribution in [3.05, 3.63) is 0 Å². The molecule has 0 rings (SSSR count). The van der Waals surface area contributed by atoms with Crippen molar-refractivity contribution < 1.29 is 0 Å². The van der Waals surface area contributed by atoms with E-state index in [1.807, 2.05) is 0 Å². The van der Waals surface area contributed by atoms with E-state index in [0.29, 0.717) is 0 Å². The lowest BCUT2D eigenvalue weighted by Gasteiger charge is -1.94. The molecule has 0 heterocycles. The fourth-order valence-electron chi connectivity index (χ4n) is 0.149. The highest BCUT2D eigenvalue weighted by molar-refractivity contribution is 8.68. The molecule has 38 valence electrons. The van der Waals surface area contributed by atoms with E-state index in [0.717, 1.165) is 11.7 Å². The Labute approximate surface area is 48.5 Å². The highest BCUT2D eigenvalue weighted by Gasteiger charge is 1.86. The number of hydrogen-bond acceptors (Lipinski definition) is 2. The first-order valence-corrected chi connectivity index (χ1v) is 4.07. The van der Waals surface area contributed by atoms with Crippen molar-refractivity contribution in [2.24, 2.45) is 5.92 Å². The van der Waals surface area contributed by atoms with Crippen molar-refractivity contribution in [2.75, 3.05) is 5.75 Å². The Balaban J connectivity index is 2.63. The summed E-state index contributed by atoms with van der Waals surface area (Å²) in [5, 5.41) is 0. The molecule has 0 spiro atoms. The molecular weight excluding hydrogens is 112 g/mol. The summed E-state index contributed by atoms with van der Waals surface area (Å²) in [4.78, 5) is 0. The topological polar surface area (TPSA) is 0 Å². The van der Waals surface area contributed by atoms with E-state index in [1.54, 1.807) is 10.8 Å². The molecule has 0 bridgehead atoms. The minimum absolute atomic E-state index is 0.785. The standard InChI is InChI=1S/C4H10S2/c1-4(2)3-6-5/h4-5H,3H2,1-2H3. The average molecular weight is 122 g/mol. The molecular formula is C4H10S2. The molecule has 0 amide bonds. The van der Waals surface area contributed by atoms with E-state index in [-0.39, 0.29) is 0 Å². The maximum Gasteiger partial charge on any atom is 0.00576 e. The Morgan fingerprint density at radius 3 is 2.17 bits per heavy atom. The molecule has 2 heteroatoms. The van der Waals surface area contributed by atoms with Gasteiger partial charge >= 0.3 is 0 Å². The van der Waals surface area contributed by atoms with Crippen LogP contribution in [0.4, 0.5) is 0 Å². The van der Waals surface area contributed by atoms with Crippen LogP contribution in [-0.2, 0) is 0 Å².